The van der Waals surface area contributed by atoms with Gasteiger partial charge in [0.2, 0.25) is 18.6 Å². The quantitative estimate of drug-likeness (QED) is 0.454. The fraction of sp³-hybridized carbons (Fsp3) is 0.290. The van der Waals surface area contributed by atoms with Crippen LogP contribution in [-0.2, 0) is 9.59 Å². The first-order chi connectivity index (χ1) is 19.1. The van der Waals surface area contributed by atoms with Gasteiger partial charge >= 0.3 is 0 Å². The third kappa shape index (κ3) is 6.00. The van der Waals surface area contributed by atoms with Crippen molar-refractivity contribution in [3.05, 3.63) is 95.6 Å². The largest absolute Gasteiger partial charge is 0.497 e. The maximum absolute atomic E-state index is 13.7. The van der Waals surface area contributed by atoms with E-state index in [1.165, 1.54) is 0 Å². The predicted octanol–water partition coefficient (Wildman–Crippen LogP) is 4.97. The van der Waals surface area contributed by atoms with Crippen LogP contribution in [0.2, 0.25) is 0 Å². The Morgan fingerprint density at radius 3 is 2.31 bits per heavy atom. The Hall–Kier alpha value is -4.46. The molecular formula is C31H32N2O6. The number of carbonyl (C=O) groups is 2. The number of rotatable bonds is 5. The molecule has 2 aliphatic heterocycles. The Labute approximate surface area is 227 Å². The van der Waals surface area contributed by atoms with Gasteiger partial charge in [-0.2, -0.15) is 0 Å². The smallest absolute Gasteiger partial charge is 0.231 e. The van der Waals surface area contributed by atoms with Crippen LogP contribution in [0.5, 0.6) is 23.0 Å². The first-order valence-electron chi connectivity index (χ1n) is 13.0. The molecule has 0 aromatic heterocycles. The number of carbonyl (C=O) groups excluding carboxylic acids is 2. The van der Waals surface area contributed by atoms with Crippen molar-refractivity contribution in [1.29, 1.82) is 0 Å². The Kier molecular flexibility index (Phi) is 8.01. The van der Waals surface area contributed by atoms with Crippen LogP contribution in [-0.4, -0.2) is 32.8 Å². The Morgan fingerprint density at radius 2 is 1.54 bits per heavy atom. The highest BCUT2D eigenvalue weighted by atomic mass is 16.7. The fourth-order valence-corrected chi connectivity index (χ4v) is 5.00. The molecule has 3 atom stereocenters. The van der Waals surface area contributed by atoms with E-state index in [2.05, 4.69) is 10.6 Å². The zero-order valence-corrected chi connectivity index (χ0v) is 22.0. The maximum Gasteiger partial charge on any atom is 0.231 e. The van der Waals surface area contributed by atoms with Crippen molar-refractivity contribution < 1.29 is 28.5 Å². The number of benzene rings is 3. The summed E-state index contributed by atoms with van der Waals surface area (Å²) in [7, 11) is 3.19. The molecule has 39 heavy (non-hydrogen) atoms. The van der Waals surface area contributed by atoms with E-state index in [-0.39, 0.29) is 37.1 Å². The van der Waals surface area contributed by atoms with Crippen LogP contribution in [0.1, 0.15) is 54.0 Å². The maximum atomic E-state index is 13.7. The van der Waals surface area contributed by atoms with E-state index in [1.807, 2.05) is 72.8 Å². The van der Waals surface area contributed by atoms with Crippen molar-refractivity contribution in [1.82, 2.24) is 10.6 Å². The van der Waals surface area contributed by atoms with E-state index >= 15 is 0 Å². The minimum atomic E-state index is -0.662. The molecule has 202 valence electrons. The average molecular weight is 529 g/mol. The minimum absolute atomic E-state index is 0.00237. The molecule has 0 radical (unpaired) electrons. The normalized spacial score (nSPS) is 22.1. The number of ether oxygens (including phenoxy) is 4. The van der Waals surface area contributed by atoms with Crippen LogP contribution in [0.3, 0.4) is 0 Å². The SMILES string of the molecule is COc1ccc([C@@H]2C/C=C\C[C@@H](c3ccc4c(c3)OCO4)NC(=O)[C@H](c3ccccc3)CC(=O)N2)c(OC)c1. The summed E-state index contributed by atoms with van der Waals surface area (Å²) in [6.45, 7) is 0.178. The summed E-state index contributed by atoms with van der Waals surface area (Å²) >= 11 is 0. The molecule has 0 aliphatic carbocycles. The lowest BCUT2D eigenvalue weighted by Crippen LogP contribution is -2.37. The molecule has 8 nitrogen and oxygen atoms in total. The molecular weight excluding hydrogens is 496 g/mol. The second kappa shape index (κ2) is 11.9. The van der Waals surface area contributed by atoms with E-state index in [9.17, 15) is 9.59 Å². The van der Waals surface area contributed by atoms with Gasteiger partial charge in [0, 0.05) is 18.1 Å². The summed E-state index contributed by atoms with van der Waals surface area (Å²) in [6.07, 6.45) is 5.17. The van der Waals surface area contributed by atoms with E-state index in [1.54, 1.807) is 20.3 Å². The van der Waals surface area contributed by atoms with Gasteiger partial charge in [-0.05, 0) is 48.2 Å². The molecule has 8 heteroatoms. The van der Waals surface area contributed by atoms with E-state index < -0.39 is 5.92 Å². The number of hydrogen-bond donors (Lipinski definition) is 2. The molecule has 2 N–H and O–H groups in total. The van der Waals surface area contributed by atoms with Crippen LogP contribution >= 0.6 is 0 Å². The van der Waals surface area contributed by atoms with E-state index in [4.69, 9.17) is 18.9 Å². The minimum Gasteiger partial charge on any atom is -0.497 e. The summed E-state index contributed by atoms with van der Waals surface area (Å²) in [6, 6.07) is 20.0. The molecule has 3 aromatic rings. The summed E-state index contributed by atoms with van der Waals surface area (Å²) < 4.78 is 22.0. The third-order valence-electron chi connectivity index (χ3n) is 7.08. The van der Waals surface area contributed by atoms with Gasteiger partial charge in [-0.15, -0.1) is 0 Å². The molecule has 0 unspecified atom stereocenters. The Bertz CT molecular complexity index is 1360. The monoisotopic (exact) mass is 528 g/mol. The summed E-state index contributed by atoms with van der Waals surface area (Å²) in [4.78, 5) is 27.1. The molecule has 3 aromatic carbocycles. The van der Waals surface area contributed by atoms with Crippen LogP contribution in [0.15, 0.2) is 78.9 Å². The molecule has 2 amide bonds. The average Bonchev–Trinajstić information content (AvgIpc) is 3.44. The molecule has 0 bridgehead atoms. The van der Waals surface area contributed by atoms with Crippen molar-refractivity contribution in [2.24, 2.45) is 0 Å². The van der Waals surface area contributed by atoms with Gasteiger partial charge in [0.1, 0.15) is 11.5 Å². The standard InChI is InChI=1S/C31H32N2O6/c1-36-22-13-14-23(28(17-22)37-2)26-11-7-6-10-25(21-12-15-27-29(16-21)39-19-38-27)33-31(35)24(18-30(34)32-26)20-8-4-3-5-9-20/h3-9,12-17,24-26H,10-11,18-19H2,1-2H3,(H,32,34)(H,33,35)/b7-6-/t24-,25-,26-/m0/s1. The van der Waals surface area contributed by atoms with Crippen molar-refractivity contribution in [3.8, 4) is 23.0 Å². The van der Waals surface area contributed by atoms with E-state index in [0.717, 1.165) is 16.7 Å². The molecule has 0 saturated heterocycles. The first-order valence-corrected chi connectivity index (χ1v) is 13.0. The fourth-order valence-electron chi connectivity index (χ4n) is 5.00. The first kappa shape index (κ1) is 26.2. The van der Waals surface area contributed by atoms with Gasteiger partial charge in [-0.3, -0.25) is 9.59 Å². The second-order valence-corrected chi connectivity index (χ2v) is 9.51. The van der Waals surface area contributed by atoms with Crippen molar-refractivity contribution in [2.45, 2.75) is 37.3 Å². The molecule has 2 heterocycles. The lowest BCUT2D eigenvalue weighted by Gasteiger charge is -2.26. The number of hydrogen-bond acceptors (Lipinski definition) is 6. The topological polar surface area (TPSA) is 95.1 Å². The zero-order chi connectivity index (χ0) is 27.2. The highest BCUT2D eigenvalue weighted by molar-refractivity contribution is 5.90. The number of methoxy groups -OCH3 is 2. The van der Waals surface area contributed by atoms with Crippen molar-refractivity contribution >= 4 is 11.8 Å². The highest BCUT2D eigenvalue weighted by Crippen LogP contribution is 2.36. The van der Waals surface area contributed by atoms with Gasteiger partial charge in [0.05, 0.1) is 32.2 Å². The second-order valence-electron chi connectivity index (χ2n) is 9.51. The summed E-state index contributed by atoms with van der Waals surface area (Å²) in [5, 5.41) is 6.32. The number of amides is 2. The van der Waals surface area contributed by atoms with Gasteiger partial charge in [0.15, 0.2) is 11.5 Å². The van der Waals surface area contributed by atoms with Gasteiger partial charge in [-0.1, -0.05) is 48.6 Å². The molecule has 0 fully saturated rings. The third-order valence-corrected chi connectivity index (χ3v) is 7.08. The van der Waals surface area contributed by atoms with Gasteiger partial charge < -0.3 is 29.6 Å². The van der Waals surface area contributed by atoms with Crippen molar-refractivity contribution in [2.75, 3.05) is 21.0 Å². The molecule has 0 saturated carbocycles. The zero-order valence-electron chi connectivity index (χ0n) is 22.0. The lowest BCUT2D eigenvalue weighted by molar-refractivity contribution is -0.128. The highest BCUT2D eigenvalue weighted by Gasteiger charge is 2.29. The predicted molar refractivity (Wildman–Crippen MR) is 146 cm³/mol. The van der Waals surface area contributed by atoms with Crippen LogP contribution in [0, 0.1) is 0 Å². The molecule has 0 spiro atoms. The molecule has 5 rings (SSSR count). The van der Waals surface area contributed by atoms with Crippen LogP contribution in [0.4, 0.5) is 0 Å². The Balaban J connectivity index is 1.49. The summed E-state index contributed by atoms with van der Waals surface area (Å²) in [5.41, 5.74) is 2.51. The Morgan fingerprint density at radius 1 is 0.769 bits per heavy atom. The summed E-state index contributed by atoms with van der Waals surface area (Å²) in [5.74, 6) is 1.52. The van der Waals surface area contributed by atoms with Gasteiger partial charge in [0.25, 0.3) is 0 Å². The van der Waals surface area contributed by atoms with Gasteiger partial charge in [-0.25, -0.2) is 0 Å². The van der Waals surface area contributed by atoms with E-state index in [0.29, 0.717) is 35.8 Å². The lowest BCUT2D eigenvalue weighted by atomic mass is 9.92. The van der Waals surface area contributed by atoms with Crippen LogP contribution < -0.4 is 29.6 Å². The molecule has 2 aliphatic rings. The van der Waals surface area contributed by atoms with Crippen LogP contribution in [0.25, 0.3) is 0 Å². The van der Waals surface area contributed by atoms with Crippen molar-refractivity contribution in [3.63, 3.8) is 0 Å². The number of fused-ring (bicyclic) bond motifs is 1. The number of nitrogens with one attached hydrogen (secondary N) is 2.